The lowest BCUT2D eigenvalue weighted by molar-refractivity contribution is -0.114. The molecule has 0 bridgehead atoms. The van der Waals surface area contributed by atoms with Crippen LogP contribution in [-0.4, -0.2) is 76.5 Å². The lowest BCUT2D eigenvalue weighted by atomic mass is 9.61. The Balaban J connectivity index is 1.50. The van der Waals surface area contributed by atoms with Crippen LogP contribution in [0.15, 0.2) is 18.2 Å². The second-order valence-electron chi connectivity index (χ2n) is 11.5. The predicted molar refractivity (Wildman–Crippen MR) is 158 cm³/mol. The molecule has 3 aromatic rings. The minimum atomic E-state index is -0.633. The number of halogens is 2. The van der Waals surface area contributed by atoms with Crippen LogP contribution in [0.1, 0.15) is 37.8 Å². The van der Waals surface area contributed by atoms with Gasteiger partial charge < -0.3 is 24.8 Å². The van der Waals surface area contributed by atoms with Gasteiger partial charge in [-0.3, -0.25) is 4.68 Å². The molecule has 0 unspecified atom stereocenters. The molecule has 1 spiro atoms. The van der Waals surface area contributed by atoms with E-state index in [9.17, 15) is 5.11 Å². The van der Waals surface area contributed by atoms with E-state index in [1.165, 1.54) is 0 Å². The molecule has 0 radical (unpaired) electrons. The summed E-state index contributed by atoms with van der Waals surface area (Å²) in [5.74, 6) is 1.95. The average molecular weight is 590 g/mol. The summed E-state index contributed by atoms with van der Waals surface area (Å²) in [5.41, 5.74) is 4.37. The third-order valence-electron chi connectivity index (χ3n) is 7.77. The molecule has 9 nitrogen and oxygen atoms in total. The number of ether oxygens (including phenoxy) is 2. The average Bonchev–Trinajstić information content (AvgIpc) is 3.10. The Morgan fingerprint density at radius 1 is 1.15 bits per heavy atom. The third kappa shape index (κ3) is 5.67. The summed E-state index contributed by atoms with van der Waals surface area (Å²) in [4.78, 5) is 12.4. The molecule has 11 heteroatoms. The molecule has 1 saturated carbocycles. The van der Waals surface area contributed by atoms with E-state index in [0.717, 1.165) is 54.3 Å². The van der Waals surface area contributed by atoms with Gasteiger partial charge in [0, 0.05) is 48.8 Å². The van der Waals surface area contributed by atoms with Crippen LogP contribution >= 0.6 is 23.2 Å². The number of hydrogen-bond donors (Lipinski definition) is 2. The molecule has 2 N–H and O–H groups in total. The molecule has 0 amide bonds. The van der Waals surface area contributed by atoms with Gasteiger partial charge in [0.15, 0.2) is 11.0 Å². The van der Waals surface area contributed by atoms with Gasteiger partial charge in [0.1, 0.15) is 24.3 Å². The van der Waals surface area contributed by atoms with Crippen molar-refractivity contribution in [2.75, 3.05) is 38.2 Å². The first-order valence-electron chi connectivity index (χ1n) is 13.7. The van der Waals surface area contributed by atoms with E-state index in [-0.39, 0.29) is 18.1 Å². The zero-order valence-electron chi connectivity index (χ0n) is 24.0. The minimum Gasteiger partial charge on any atom is -0.491 e. The molecular weight excluding hydrogens is 551 g/mol. The monoisotopic (exact) mass is 588 g/mol. The summed E-state index contributed by atoms with van der Waals surface area (Å²) in [5, 5.41) is 18.4. The molecule has 3 heterocycles. The molecule has 2 aromatic heterocycles. The van der Waals surface area contributed by atoms with E-state index in [0.29, 0.717) is 40.0 Å². The van der Waals surface area contributed by atoms with E-state index < -0.39 is 6.10 Å². The van der Waals surface area contributed by atoms with Gasteiger partial charge in [0.05, 0.1) is 28.6 Å². The fourth-order valence-corrected chi connectivity index (χ4v) is 6.31. The fourth-order valence-electron chi connectivity index (χ4n) is 5.90. The fraction of sp³-hybridized carbons (Fsp3) is 0.552. The molecule has 1 aromatic carbocycles. The quantitative estimate of drug-likeness (QED) is 0.348. The first-order valence-corrected chi connectivity index (χ1v) is 14.5. The Bertz CT molecular complexity index is 1380. The van der Waals surface area contributed by atoms with Crippen LogP contribution in [-0.2, 0) is 11.8 Å². The molecule has 1 aliphatic carbocycles. The van der Waals surface area contributed by atoms with Crippen molar-refractivity contribution in [1.29, 1.82) is 0 Å². The van der Waals surface area contributed by atoms with Crippen LogP contribution in [0, 0.1) is 19.3 Å². The molecular formula is C29H38Cl2N6O3. The Kier molecular flexibility index (Phi) is 8.32. The summed E-state index contributed by atoms with van der Waals surface area (Å²) < 4.78 is 13.6. The number of hydrogen-bond acceptors (Lipinski definition) is 8. The largest absolute Gasteiger partial charge is 0.491 e. The van der Waals surface area contributed by atoms with Crippen molar-refractivity contribution in [3.05, 3.63) is 39.5 Å². The number of aliphatic hydroxyl groups is 1. The molecule has 1 aliphatic heterocycles. The number of aliphatic hydroxyl groups excluding tert-OH is 1. The Morgan fingerprint density at radius 2 is 1.88 bits per heavy atom. The van der Waals surface area contributed by atoms with Crippen LogP contribution < -0.4 is 15.0 Å². The van der Waals surface area contributed by atoms with E-state index in [2.05, 4.69) is 36.1 Å². The molecule has 40 heavy (non-hydrogen) atoms. The summed E-state index contributed by atoms with van der Waals surface area (Å²) in [7, 11) is 3.66. The zero-order valence-corrected chi connectivity index (χ0v) is 25.5. The van der Waals surface area contributed by atoms with Gasteiger partial charge in [-0.15, -0.1) is 0 Å². The van der Waals surface area contributed by atoms with Crippen LogP contribution in [0.5, 0.6) is 5.75 Å². The van der Waals surface area contributed by atoms with Crippen molar-refractivity contribution in [3.63, 3.8) is 0 Å². The summed E-state index contributed by atoms with van der Waals surface area (Å²) in [6.07, 6.45) is 2.11. The number of likely N-dealkylation sites (N-methyl/N-ethyl adjacent to an activating group) is 1. The van der Waals surface area contributed by atoms with Crippen LogP contribution in [0.2, 0.25) is 10.2 Å². The number of nitrogens with one attached hydrogen (secondary N) is 1. The third-order valence-corrected chi connectivity index (χ3v) is 8.46. The summed E-state index contributed by atoms with van der Waals surface area (Å²) in [6.45, 7) is 10.6. The highest BCUT2D eigenvalue weighted by atomic mass is 35.5. The maximum atomic E-state index is 10.1. The number of aromatic nitrogens is 4. The molecule has 2 aliphatic rings. The van der Waals surface area contributed by atoms with Gasteiger partial charge in [0.25, 0.3) is 0 Å². The minimum absolute atomic E-state index is 0.150. The van der Waals surface area contributed by atoms with Gasteiger partial charge in [-0.25, -0.2) is 9.97 Å². The van der Waals surface area contributed by atoms with E-state index >= 15 is 0 Å². The summed E-state index contributed by atoms with van der Waals surface area (Å²) >= 11 is 13.1. The van der Waals surface area contributed by atoms with Crippen LogP contribution in [0.25, 0.3) is 22.8 Å². The van der Waals surface area contributed by atoms with Crippen molar-refractivity contribution >= 4 is 29.0 Å². The van der Waals surface area contributed by atoms with Gasteiger partial charge in [-0.05, 0) is 65.8 Å². The predicted octanol–water partition coefficient (Wildman–Crippen LogP) is 4.82. The maximum Gasteiger partial charge on any atom is 0.163 e. The Morgan fingerprint density at radius 3 is 2.50 bits per heavy atom. The zero-order chi connectivity index (χ0) is 28.8. The normalized spacial score (nSPS) is 17.3. The maximum absolute atomic E-state index is 10.1. The molecule has 216 valence electrons. The van der Waals surface area contributed by atoms with E-state index in [4.69, 9.17) is 42.6 Å². The van der Waals surface area contributed by atoms with Crippen LogP contribution in [0.4, 0.5) is 5.82 Å². The van der Waals surface area contributed by atoms with E-state index in [1.807, 2.05) is 20.0 Å². The van der Waals surface area contributed by atoms with Crippen molar-refractivity contribution < 1.29 is 14.6 Å². The van der Waals surface area contributed by atoms with Gasteiger partial charge >= 0.3 is 0 Å². The number of aryl methyl sites for hydroxylation is 1. The first-order chi connectivity index (χ1) is 19.0. The molecule has 2 fully saturated rings. The summed E-state index contributed by atoms with van der Waals surface area (Å²) in [6, 6.07) is 5.38. The second kappa shape index (κ2) is 11.4. The van der Waals surface area contributed by atoms with Crippen molar-refractivity contribution in [2.45, 2.75) is 58.8 Å². The van der Waals surface area contributed by atoms with Crippen molar-refractivity contribution in [3.8, 4) is 28.5 Å². The van der Waals surface area contributed by atoms with E-state index in [1.54, 1.807) is 23.9 Å². The topological polar surface area (TPSA) is 97.6 Å². The van der Waals surface area contributed by atoms with Gasteiger partial charge in [0.2, 0.25) is 0 Å². The number of nitrogens with zero attached hydrogens (tertiary/aromatic N) is 5. The smallest absolute Gasteiger partial charge is 0.163 e. The highest BCUT2D eigenvalue weighted by molar-refractivity contribution is 6.33. The highest BCUT2D eigenvalue weighted by Crippen LogP contribution is 2.52. The Hall–Kier alpha value is -2.43. The highest BCUT2D eigenvalue weighted by Gasteiger charge is 2.53. The first kappa shape index (κ1) is 29.1. The molecule has 5 rings (SSSR count). The standard InChI is InChI=1S/C29H38Cl2N6O3/c1-16(2)40-21-10-29(11-21)14-37(15-29)28-17(3)24(25-18(4)26(31)35-36(25)6)33-27(34-28)22-9-20(7-8-23(22)30)39-13-19(38)12-32-5/h7-9,16,19,21,32,38H,10-15H2,1-6H3/t19-/m1/s1. The second-order valence-corrected chi connectivity index (χ2v) is 12.2. The molecule has 1 atom stereocenters. The lowest BCUT2D eigenvalue weighted by Crippen LogP contribution is -2.64. The van der Waals surface area contributed by atoms with Crippen molar-refractivity contribution in [2.24, 2.45) is 12.5 Å². The van der Waals surface area contributed by atoms with Crippen molar-refractivity contribution in [1.82, 2.24) is 25.1 Å². The number of rotatable bonds is 10. The Labute approximate surface area is 245 Å². The number of anilines is 1. The van der Waals surface area contributed by atoms with Gasteiger partial charge in [-0.1, -0.05) is 23.2 Å². The van der Waals surface area contributed by atoms with Gasteiger partial charge in [-0.2, -0.15) is 5.10 Å². The number of benzene rings is 1. The SMILES string of the molecule is CNC[C@@H](O)COc1ccc(Cl)c(-c2nc(-c3c(C)c(Cl)nn3C)c(C)c(N3CC4(CC(OC(C)C)C4)C3)n2)c1. The molecule has 1 saturated heterocycles. The van der Waals surface area contributed by atoms with Crippen LogP contribution in [0.3, 0.4) is 0 Å². The lowest BCUT2D eigenvalue weighted by Gasteiger charge is -2.59.